The summed E-state index contributed by atoms with van der Waals surface area (Å²) in [6, 6.07) is -0.989. The number of rotatable bonds is 67. The second kappa shape index (κ2) is 63.0. The number of ether oxygens (including phenoxy) is 6. The molecule has 3 fully saturated rings. The molecule has 0 spiro atoms. The van der Waals surface area contributed by atoms with Crippen molar-refractivity contribution in [2.75, 3.05) is 26.4 Å². The lowest BCUT2D eigenvalue weighted by Crippen LogP contribution is -2.66. The van der Waals surface area contributed by atoms with Gasteiger partial charge in [0.15, 0.2) is 18.9 Å². The lowest BCUT2D eigenvalue weighted by Gasteiger charge is -2.48. The van der Waals surface area contributed by atoms with Crippen LogP contribution in [0.2, 0.25) is 0 Å². The third-order valence-electron chi connectivity index (χ3n) is 20.9. The van der Waals surface area contributed by atoms with Gasteiger partial charge in [0.05, 0.1) is 38.6 Å². The van der Waals surface area contributed by atoms with Crippen LogP contribution in [0.25, 0.3) is 0 Å². The van der Waals surface area contributed by atoms with Gasteiger partial charge in [-0.1, -0.05) is 320 Å². The third-order valence-corrected chi connectivity index (χ3v) is 20.9. The smallest absolute Gasteiger partial charge is 0.220 e. The fourth-order valence-corrected chi connectivity index (χ4v) is 14.2. The largest absolute Gasteiger partial charge is 0.394 e. The lowest BCUT2D eigenvalue weighted by molar-refractivity contribution is -0.379. The molecule has 0 aromatic rings. The molecule has 3 aliphatic heterocycles. The van der Waals surface area contributed by atoms with Crippen LogP contribution in [0, 0.1) is 0 Å². The molecular weight excluding hydrogens is 1290 g/mol. The van der Waals surface area contributed by atoms with E-state index >= 15 is 0 Å². The number of aliphatic hydroxyl groups excluding tert-OH is 11. The lowest BCUT2D eigenvalue weighted by atomic mass is 9.96. The number of carbonyl (C=O) groups excluding carboxylic acids is 1. The number of hydrogen-bond donors (Lipinski definition) is 12. The van der Waals surface area contributed by atoms with E-state index in [1.165, 1.54) is 276 Å². The molecule has 19 heteroatoms. The van der Waals surface area contributed by atoms with Gasteiger partial charge in [-0.3, -0.25) is 4.79 Å². The average molecular weight is 1440 g/mol. The van der Waals surface area contributed by atoms with E-state index in [9.17, 15) is 61.0 Å². The molecule has 3 heterocycles. The predicted molar refractivity (Wildman–Crippen MR) is 402 cm³/mol. The first-order valence-electron chi connectivity index (χ1n) is 41.7. The van der Waals surface area contributed by atoms with Gasteiger partial charge in [-0.15, -0.1) is 0 Å². The van der Waals surface area contributed by atoms with Crippen LogP contribution in [0.15, 0.2) is 36.5 Å². The number of aliphatic hydroxyl groups is 11. The van der Waals surface area contributed by atoms with Crippen molar-refractivity contribution in [3.63, 3.8) is 0 Å². The van der Waals surface area contributed by atoms with Gasteiger partial charge in [0, 0.05) is 6.42 Å². The first-order valence-corrected chi connectivity index (χ1v) is 41.7. The van der Waals surface area contributed by atoms with E-state index in [-0.39, 0.29) is 18.9 Å². The SMILES string of the molecule is CCCCCCCCCC/C=C\CCCCCCCCCCCCCCCCCCCCCCCCCCCCCC(=O)NC(COC1OC(CO)C(OC2OC(CO)C(OC3OC(CO)C(O)C(O)C3O)C(O)C2O)C(O)C1O)C(O)/C=C/CC/C=C/CCCCCCCCCCCCC. The van der Waals surface area contributed by atoms with Gasteiger partial charge in [0.1, 0.15) is 73.2 Å². The Hall–Kier alpha value is -1.99. The molecule has 1 amide bonds. The molecule has 0 saturated carbocycles. The van der Waals surface area contributed by atoms with Crippen molar-refractivity contribution in [2.45, 2.75) is 452 Å². The number of nitrogens with one attached hydrogen (secondary N) is 1. The molecule has 3 aliphatic rings. The van der Waals surface area contributed by atoms with Crippen LogP contribution in [-0.2, 0) is 33.2 Å². The summed E-state index contributed by atoms with van der Waals surface area (Å²) >= 11 is 0. The zero-order valence-corrected chi connectivity index (χ0v) is 63.7. The van der Waals surface area contributed by atoms with Crippen molar-refractivity contribution >= 4 is 5.91 Å². The van der Waals surface area contributed by atoms with Gasteiger partial charge in [0.2, 0.25) is 5.91 Å². The maximum absolute atomic E-state index is 13.5. The summed E-state index contributed by atoms with van der Waals surface area (Å²) in [6.45, 7) is 1.75. The minimum absolute atomic E-state index is 0.240. The molecule has 0 aromatic carbocycles. The second-order valence-corrected chi connectivity index (χ2v) is 29.9. The van der Waals surface area contributed by atoms with E-state index in [2.05, 4.69) is 43.5 Å². The van der Waals surface area contributed by atoms with Gasteiger partial charge < -0.3 is 89.9 Å². The molecule has 19 nitrogen and oxygen atoms in total. The summed E-state index contributed by atoms with van der Waals surface area (Å²) in [5, 5.41) is 121. The Labute approximate surface area is 612 Å². The fourth-order valence-electron chi connectivity index (χ4n) is 14.2. The number of unbranched alkanes of at least 4 members (excludes halogenated alkanes) is 47. The van der Waals surface area contributed by atoms with Crippen molar-refractivity contribution in [1.29, 1.82) is 0 Å². The molecule has 17 atom stereocenters. The molecular formula is C82H153NO18. The van der Waals surface area contributed by atoms with Crippen LogP contribution in [-0.4, -0.2) is 193 Å². The number of amides is 1. The number of carbonyl (C=O) groups is 1. The first kappa shape index (κ1) is 93.2. The quantitative estimate of drug-likeness (QED) is 0.0199. The maximum atomic E-state index is 13.5. The minimum atomic E-state index is -1.98. The Morgan fingerprint density at radius 1 is 0.347 bits per heavy atom. The Morgan fingerprint density at radius 2 is 0.634 bits per heavy atom. The van der Waals surface area contributed by atoms with E-state index in [0.717, 1.165) is 38.5 Å². The van der Waals surface area contributed by atoms with Gasteiger partial charge in [-0.25, -0.2) is 0 Å². The Kier molecular flexibility index (Phi) is 58.1. The van der Waals surface area contributed by atoms with Crippen LogP contribution < -0.4 is 5.32 Å². The zero-order chi connectivity index (χ0) is 73.2. The Balaban J connectivity index is 1.30. The summed E-state index contributed by atoms with van der Waals surface area (Å²) in [5.41, 5.74) is 0. The van der Waals surface area contributed by atoms with Crippen LogP contribution >= 0.6 is 0 Å². The van der Waals surface area contributed by atoms with E-state index in [1.54, 1.807) is 6.08 Å². The predicted octanol–water partition coefficient (Wildman–Crippen LogP) is 14.3. The van der Waals surface area contributed by atoms with Gasteiger partial charge in [-0.05, 0) is 57.8 Å². The second-order valence-electron chi connectivity index (χ2n) is 29.9. The van der Waals surface area contributed by atoms with Crippen LogP contribution in [0.1, 0.15) is 348 Å². The molecule has 101 heavy (non-hydrogen) atoms. The highest BCUT2D eigenvalue weighted by Gasteiger charge is 2.54. The van der Waals surface area contributed by atoms with E-state index in [0.29, 0.717) is 12.8 Å². The summed E-state index contributed by atoms with van der Waals surface area (Å²) < 4.78 is 34.4. The third kappa shape index (κ3) is 43.0. The standard InChI is InChI=1S/C82H153NO18/c1-3-5-7-9-11-13-15-17-19-21-22-23-24-25-26-27-28-29-30-31-32-33-34-35-36-37-38-39-40-41-42-44-46-48-50-52-54-56-58-60-70(88)83-65(66(87)59-57-55-53-51-49-47-45-43-20-18-16-14-12-10-8-6-4-2)64-96-80-76(94)73(91)78(68(62-85)98-80)101-82-77(95)74(92)79(69(63-86)99-82)100-81-75(93)72(90)71(89)67(61-84)97-81/h21-22,49,51,57,59,65-69,71-82,84-87,89-95H,3-20,23-48,50,52-56,58,60-64H2,1-2H3,(H,83,88)/b22-21-,51-49+,59-57+. The molecule has 0 aromatic heterocycles. The zero-order valence-electron chi connectivity index (χ0n) is 63.7. The monoisotopic (exact) mass is 1440 g/mol. The van der Waals surface area contributed by atoms with Crippen LogP contribution in [0.4, 0.5) is 0 Å². The van der Waals surface area contributed by atoms with Gasteiger partial charge >= 0.3 is 0 Å². The van der Waals surface area contributed by atoms with Gasteiger partial charge in [-0.2, -0.15) is 0 Å². The van der Waals surface area contributed by atoms with Crippen molar-refractivity contribution in [2.24, 2.45) is 0 Å². The highest BCUT2D eigenvalue weighted by atomic mass is 16.8. The minimum Gasteiger partial charge on any atom is -0.394 e. The topological polar surface area (TPSA) is 307 Å². The van der Waals surface area contributed by atoms with E-state index in [4.69, 9.17) is 28.4 Å². The molecule has 0 aliphatic carbocycles. The summed E-state index contributed by atoms with van der Waals surface area (Å²) in [7, 11) is 0. The van der Waals surface area contributed by atoms with Crippen molar-refractivity contribution in [1.82, 2.24) is 5.32 Å². The van der Waals surface area contributed by atoms with Gasteiger partial charge in [0.25, 0.3) is 0 Å². The average Bonchev–Trinajstić information content (AvgIpc) is 0.792. The maximum Gasteiger partial charge on any atom is 0.220 e. The summed E-state index contributed by atoms with van der Waals surface area (Å²) in [5.74, 6) is -0.279. The summed E-state index contributed by atoms with van der Waals surface area (Å²) in [6.07, 6.45) is 51.7. The van der Waals surface area contributed by atoms with Crippen molar-refractivity contribution in [3.05, 3.63) is 36.5 Å². The highest BCUT2D eigenvalue weighted by Crippen LogP contribution is 2.33. The van der Waals surface area contributed by atoms with Crippen molar-refractivity contribution in [3.8, 4) is 0 Å². The van der Waals surface area contributed by atoms with E-state index in [1.807, 2.05) is 6.08 Å². The Bertz CT molecular complexity index is 1960. The number of allylic oxidation sites excluding steroid dienone is 5. The molecule has 3 saturated heterocycles. The molecule has 594 valence electrons. The number of hydrogen-bond acceptors (Lipinski definition) is 18. The Morgan fingerprint density at radius 3 is 0.990 bits per heavy atom. The van der Waals surface area contributed by atoms with E-state index < -0.39 is 124 Å². The molecule has 17 unspecified atom stereocenters. The first-order chi connectivity index (χ1) is 49.3. The van der Waals surface area contributed by atoms with Crippen molar-refractivity contribution < 1.29 is 89.4 Å². The normalized spacial score (nSPS) is 26.4. The molecule has 12 N–H and O–H groups in total. The molecule has 0 radical (unpaired) electrons. The summed E-state index contributed by atoms with van der Waals surface area (Å²) in [4.78, 5) is 13.5. The van der Waals surface area contributed by atoms with Crippen LogP contribution in [0.3, 0.4) is 0 Å². The highest BCUT2D eigenvalue weighted by molar-refractivity contribution is 5.76. The molecule has 3 rings (SSSR count). The van der Waals surface area contributed by atoms with Crippen LogP contribution in [0.5, 0.6) is 0 Å². The molecule has 0 bridgehead atoms. The fraction of sp³-hybridized carbons (Fsp3) is 0.915.